The highest BCUT2D eigenvalue weighted by atomic mass is 32.3. The molecule has 3 rings (SSSR count). The molecule has 2 aliphatic rings. The molecule has 0 radical (unpaired) electrons. The summed E-state index contributed by atoms with van der Waals surface area (Å²) in [4.78, 5) is 0.787. The van der Waals surface area contributed by atoms with Crippen LogP contribution < -0.4 is 0 Å². The molecule has 118 valence electrons. The Kier molecular flexibility index (Phi) is 2.49. The standard InChI is InChI=1S/C17H26O3S/c1-15(2,3)11-9-12-14-13(10-11)17(6,7)20-21(14,8,18)19-16(12,4)5/h9-10H,1-8H3. The molecular weight excluding hydrogens is 284 g/mol. The first kappa shape index (κ1) is 15.2. The summed E-state index contributed by atoms with van der Waals surface area (Å²) in [5.74, 6) is 0. The Morgan fingerprint density at radius 3 is 1.67 bits per heavy atom. The van der Waals surface area contributed by atoms with Gasteiger partial charge in [0.1, 0.15) is 20.8 Å². The monoisotopic (exact) mass is 310 g/mol. The van der Waals surface area contributed by atoms with E-state index < -0.39 is 20.8 Å². The first-order chi connectivity index (χ1) is 9.16. The lowest BCUT2D eigenvalue weighted by atomic mass is 9.80. The van der Waals surface area contributed by atoms with Crippen molar-refractivity contribution in [1.82, 2.24) is 0 Å². The molecule has 0 saturated carbocycles. The van der Waals surface area contributed by atoms with Crippen molar-refractivity contribution in [3.8, 4) is 0 Å². The smallest absolute Gasteiger partial charge is 0.113 e. The van der Waals surface area contributed by atoms with Crippen molar-refractivity contribution >= 4 is 9.63 Å². The number of hydrogen-bond acceptors (Lipinski definition) is 3. The highest BCUT2D eigenvalue weighted by Crippen LogP contribution is 2.63. The van der Waals surface area contributed by atoms with Gasteiger partial charge >= 0.3 is 0 Å². The van der Waals surface area contributed by atoms with E-state index in [4.69, 9.17) is 8.37 Å². The molecule has 0 aromatic heterocycles. The molecule has 0 amide bonds. The lowest BCUT2D eigenvalue weighted by Crippen LogP contribution is -2.37. The average Bonchev–Trinajstić information content (AvgIpc) is 2.49. The third kappa shape index (κ3) is 1.89. The molecule has 2 heterocycles. The maximum Gasteiger partial charge on any atom is 0.113 e. The van der Waals surface area contributed by atoms with Crippen LogP contribution in [-0.2, 0) is 34.6 Å². The van der Waals surface area contributed by atoms with Crippen LogP contribution in [0.5, 0.6) is 0 Å². The molecule has 0 aliphatic carbocycles. The molecule has 0 fully saturated rings. The second kappa shape index (κ2) is 3.44. The van der Waals surface area contributed by atoms with Gasteiger partial charge in [0.2, 0.25) is 0 Å². The molecular formula is C17H26O3S. The average molecular weight is 310 g/mol. The van der Waals surface area contributed by atoms with Crippen molar-refractivity contribution in [2.45, 2.75) is 70.0 Å². The van der Waals surface area contributed by atoms with E-state index >= 15 is 0 Å². The summed E-state index contributed by atoms with van der Waals surface area (Å²) in [5.41, 5.74) is 2.07. The molecule has 0 atom stereocenters. The fourth-order valence-electron chi connectivity index (χ4n) is 3.60. The number of hydrogen-bond donors (Lipinski definition) is 0. The first-order valence-electron chi connectivity index (χ1n) is 7.43. The molecule has 3 nitrogen and oxygen atoms in total. The van der Waals surface area contributed by atoms with E-state index in [0.717, 1.165) is 16.0 Å². The van der Waals surface area contributed by atoms with E-state index in [0.29, 0.717) is 0 Å². The second-order valence-corrected chi connectivity index (χ2v) is 11.6. The Labute approximate surface area is 127 Å². The van der Waals surface area contributed by atoms with E-state index in [1.54, 1.807) is 6.26 Å². The van der Waals surface area contributed by atoms with Gasteiger partial charge in [0, 0.05) is 17.4 Å². The van der Waals surface area contributed by atoms with Crippen LogP contribution in [0.3, 0.4) is 0 Å². The SMILES string of the molecule is CC(C)(C)c1cc2c3c(c1)C(C)(C)OS3(C)(=O)OC2(C)C. The molecule has 0 saturated heterocycles. The minimum absolute atomic E-state index is 0.0213. The molecule has 2 aliphatic heterocycles. The lowest BCUT2D eigenvalue weighted by Gasteiger charge is -2.36. The zero-order valence-corrected chi connectivity index (χ0v) is 15.1. The van der Waals surface area contributed by atoms with Crippen molar-refractivity contribution in [2.24, 2.45) is 0 Å². The van der Waals surface area contributed by atoms with Gasteiger partial charge in [0.15, 0.2) is 0 Å². The Bertz CT molecular complexity index is 677. The lowest BCUT2D eigenvalue weighted by molar-refractivity contribution is 0.0526. The summed E-state index contributed by atoms with van der Waals surface area (Å²) in [7, 11) is -3.69. The van der Waals surface area contributed by atoms with Crippen molar-refractivity contribution in [3.63, 3.8) is 0 Å². The highest BCUT2D eigenvalue weighted by Gasteiger charge is 2.61. The predicted octanol–water partition coefficient (Wildman–Crippen LogP) is 4.15. The second-order valence-electron chi connectivity index (χ2n) is 8.50. The van der Waals surface area contributed by atoms with E-state index in [1.165, 1.54) is 5.56 Å². The maximum atomic E-state index is 13.6. The van der Waals surface area contributed by atoms with Crippen molar-refractivity contribution in [1.29, 1.82) is 0 Å². The van der Waals surface area contributed by atoms with Crippen molar-refractivity contribution in [3.05, 3.63) is 28.8 Å². The fraction of sp³-hybridized carbons (Fsp3) is 0.647. The summed E-state index contributed by atoms with van der Waals surface area (Å²) in [5, 5.41) is 0. The molecule has 1 aromatic rings. The fourth-order valence-corrected chi connectivity index (χ4v) is 7.50. The van der Waals surface area contributed by atoms with Gasteiger partial charge in [-0.15, -0.1) is 0 Å². The molecule has 0 N–H and O–H groups in total. The molecule has 4 heteroatoms. The summed E-state index contributed by atoms with van der Waals surface area (Å²) in [6.07, 6.45) is 1.62. The first-order valence-corrected chi connectivity index (χ1v) is 9.65. The summed E-state index contributed by atoms with van der Waals surface area (Å²) < 4.78 is 25.6. The molecule has 0 spiro atoms. The quantitative estimate of drug-likeness (QED) is 0.722. The van der Waals surface area contributed by atoms with Gasteiger partial charge in [0.05, 0.1) is 4.90 Å². The third-order valence-corrected chi connectivity index (χ3v) is 7.46. The third-order valence-electron chi connectivity index (χ3n) is 4.51. The molecule has 21 heavy (non-hydrogen) atoms. The Morgan fingerprint density at radius 1 is 0.952 bits per heavy atom. The van der Waals surface area contributed by atoms with Crippen molar-refractivity contribution in [2.75, 3.05) is 6.26 Å². The zero-order chi connectivity index (χ0) is 16.1. The topological polar surface area (TPSA) is 35.5 Å². The van der Waals surface area contributed by atoms with Gasteiger partial charge in [-0.2, -0.15) is 0 Å². The van der Waals surface area contributed by atoms with Crippen molar-refractivity contribution < 1.29 is 12.6 Å². The van der Waals surface area contributed by atoms with E-state index in [-0.39, 0.29) is 5.41 Å². The van der Waals surface area contributed by atoms with Gasteiger partial charge < -0.3 is 0 Å². The molecule has 0 unspecified atom stereocenters. The minimum atomic E-state index is -3.69. The predicted molar refractivity (Wildman–Crippen MR) is 85.7 cm³/mol. The number of benzene rings is 1. The van der Waals surface area contributed by atoms with E-state index in [9.17, 15) is 4.21 Å². The van der Waals surface area contributed by atoms with Crippen LogP contribution >= 0.6 is 0 Å². The maximum absolute atomic E-state index is 13.6. The van der Waals surface area contributed by atoms with Gasteiger partial charge in [-0.1, -0.05) is 32.9 Å². The van der Waals surface area contributed by atoms with Crippen LogP contribution in [0.4, 0.5) is 0 Å². The van der Waals surface area contributed by atoms with Crippen LogP contribution in [0, 0.1) is 0 Å². The van der Waals surface area contributed by atoms with E-state index in [1.807, 2.05) is 27.7 Å². The Balaban J connectivity index is 2.45. The summed E-state index contributed by atoms with van der Waals surface area (Å²) in [6.45, 7) is 14.4. The normalized spacial score (nSPS) is 28.7. The van der Waals surface area contributed by atoms with Gasteiger partial charge in [-0.3, -0.25) is 8.37 Å². The largest absolute Gasteiger partial charge is 0.278 e. The number of rotatable bonds is 0. The zero-order valence-electron chi connectivity index (χ0n) is 14.3. The summed E-state index contributed by atoms with van der Waals surface area (Å²) >= 11 is 0. The van der Waals surface area contributed by atoms with Gasteiger partial charge in [-0.25, -0.2) is 4.21 Å². The summed E-state index contributed by atoms with van der Waals surface area (Å²) in [6, 6.07) is 4.29. The minimum Gasteiger partial charge on any atom is -0.278 e. The highest BCUT2D eigenvalue weighted by molar-refractivity contribution is 8.11. The van der Waals surface area contributed by atoms with Crippen LogP contribution in [0.2, 0.25) is 0 Å². The van der Waals surface area contributed by atoms with Crippen LogP contribution in [0.25, 0.3) is 0 Å². The van der Waals surface area contributed by atoms with Crippen LogP contribution in [0.1, 0.15) is 65.2 Å². The molecule has 0 bridgehead atoms. The Hall–Kier alpha value is -0.710. The molecule has 1 aromatic carbocycles. The van der Waals surface area contributed by atoms with Gasteiger partial charge in [0.25, 0.3) is 0 Å². The van der Waals surface area contributed by atoms with Gasteiger partial charge in [-0.05, 0) is 38.7 Å². The van der Waals surface area contributed by atoms with Crippen LogP contribution in [0.15, 0.2) is 17.0 Å². The van der Waals surface area contributed by atoms with E-state index in [2.05, 4.69) is 32.9 Å². The Morgan fingerprint density at radius 2 is 1.33 bits per heavy atom. The van der Waals surface area contributed by atoms with Crippen LogP contribution in [-0.4, -0.2) is 10.5 Å².